The third kappa shape index (κ3) is 5.01. The van der Waals surface area contributed by atoms with Gasteiger partial charge in [0.2, 0.25) is 0 Å². The van der Waals surface area contributed by atoms with E-state index in [4.69, 9.17) is 9.15 Å². The molecule has 1 unspecified atom stereocenters. The zero-order chi connectivity index (χ0) is 19.9. The predicted molar refractivity (Wildman–Crippen MR) is 108 cm³/mol. The van der Waals surface area contributed by atoms with Crippen LogP contribution in [0.15, 0.2) is 71.3 Å². The fourth-order valence-electron chi connectivity index (χ4n) is 2.60. The molecule has 3 aromatic rings. The Morgan fingerprint density at radius 2 is 1.71 bits per heavy atom. The topological polar surface area (TPSA) is 80.6 Å². The van der Waals surface area contributed by atoms with Crippen molar-refractivity contribution in [2.24, 2.45) is 0 Å². The van der Waals surface area contributed by atoms with E-state index in [-0.39, 0.29) is 17.6 Å². The number of carbonyl (C=O) groups excluding carboxylic acids is 2. The summed E-state index contributed by atoms with van der Waals surface area (Å²) in [6.45, 7) is 3.88. The summed E-state index contributed by atoms with van der Waals surface area (Å²) in [5.41, 5.74) is 2.23. The molecule has 144 valence electrons. The number of amides is 2. The van der Waals surface area contributed by atoms with Crippen LogP contribution in [0, 0.1) is 6.92 Å². The summed E-state index contributed by atoms with van der Waals surface area (Å²) in [5.74, 6) is 0.249. The molecular formula is C22H22N2O4. The SMILES string of the molecule is CCC(Oc1ccc(C)cc1)C(=O)Nc1cccc(NC(=O)c2ccco2)c1. The Labute approximate surface area is 163 Å². The molecule has 0 radical (unpaired) electrons. The predicted octanol–water partition coefficient (Wildman–Crippen LogP) is 4.64. The van der Waals surface area contributed by atoms with E-state index < -0.39 is 6.10 Å². The summed E-state index contributed by atoms with van der Waals surface area (Å²) >= 11 is 0. The molecule has 0 aliphatic carbocycles. The van der Waals surface area contributed by atoms with Crippen LogP contribution < -0.4 is 15.4 Å². The number of rotatable bonds is 7. The molecule has 0 saturated heterocycles. The summed E-state index contributed by atoms with van der Waals surface area (Å²) in [5, 5.41) is 5.57. The molecular weight excluding hydrogens is 356 g/mol. The van der Waals surface area contributed by atoms with Gasteiger partial charge in [-0.3, -0.25) is 9.59 Å². The fraction of sp³-hybridized carbons (Fsp3) is 0.182. The highest BCUT2D eigenvalue weighted by molar-refractivity contribution is 6.03. The number of carbonyl (C=O) groups is 2. The number of hydrogen-bond donors (Lipinski definition) is 2. The van der Waals surface area contributed by atoms with Gasteiger partial charge in [-0.15, -0.1) is 0 Å². The Balaban J connectivity index is 1.64. The van der Waals surface area contributed by atoms with E-state index in [9.17, 15) is 9.59 Å². The first-order chi connectivity index (χ1) is 13.5. The first kappa shape index (κ1) is 19.2. The van der Waals surface area contributed by atoms with Crippen LogP contribution in [-0.4, -0.2) is 17.9 Å². The summed E-state index contributed by atoms with van der Waals surface area (Å²) < 4.78 is 10.9. The molecule has 0 fully saturated rings. The molecule has 1 atom stereocenters. The van der Waals surface area contributed by atoms with Gasteiger partial charge in [-0.2, -0.15) is 0 Å². The van der Waals surface area contributed by atoms with Crippen molar-refractivity contribution in [2.75, 3.05) is 10.6 Å². The van der Waals surface area contributed by atoms with Crippen LogP contribution in [0.5, 0.6) is 5.75 Å². The van der Waals surface area contributed by atoms with Crippen LogP contribution in [0.2, 0.25) is 0 Å². The van der Waals surface area contributed by atoms with E-state index in [0.29, 0.717) is 23.5 Å². The lowest BCUT2D eigenvalue weighted by Gasteiger charge is -2.17. The van der Waals surface area contributed by atoms with Crippen molar-refractivity contribution in [3.05, 3.63) is 78.3 Å². The van der Waals surface area contributed by atoms with Crippen molar-refractivity contribution in [1.29, 1.82) is 0 Å². The molecule has 0 spiro atoms. The quantitative estimate of drug-likeness (QED) is 0.628. The third-order valence-electron chi connectivity index (χ3n) is 4.10. The van der Waals surface area contributed by atoms with E-state index in [1.54, 1.807) is 36.4 Å². The Morgan fingerprint density at radius 3 is 2.36 bits per heavy atom. The van der Waals surface area contributed by atoms with Crippen molar-refractivity contribution in [3.63, 3.8) is 0 Å². The lowest BCUT2D eigenvalue weighted by atomic mass is 10.2. The van der Waals surface area contributed by atoms with Crippen LogP contribution in [0.1, 0.15) is 29.5 Å². The summed E-state index contributed by atoms with van der Waals surface area (Å²) in [6.07, 6.45) is 1.34. The number of aryl methyl sites for hydroxylation is 1. The molecule has 0 aliphatic heterocycles. The molecule has 6 heteroatoms. The molecule has 2 aromatic carbocycles. The Kier molecular flexibility index (Phi) is 6.11. The molecule has 0 bridgehead atoms. The van der Waals surface area contributed by atoms with Crippen molar-refractivity contribution in [2.45, 2.75) is 26.4 Å². The van der Waals surface area contributed by atoms with E-state index >= 15 is 0 Å². The van der Waals surface area contributed by atoms with Crippen molar-refractivity contribution in [1.82, 2.24) is 0 Å². The van der Waals surface area contributed by atoms with Crippen molar-refractivity contribution in [3.8, 4) is 5.75 Å². The molecule has 0 saturated carbocycles. The van der Waals surface area contributed by atoms with Gasteiger partial charge in [-0.1, -0.05) is 30.7 Å². The van der Waals surface area contributed by atoms with Crippen LogP contribution in [0.25, 0.3) is 0 Å². The summed E-state index contributed by atoms with van der Waals surface area (Å²) in [6, 6.07) is 17.7. The van der Waals surface area contributed by atoms with Crippen LogP contribution >= 0.6 is 0 Å². The summed E-state index contributed by atoms with van der Waals surface area (Å²) in [4.78, 5) is 24.7. The van der Waals surface area contributed by atoms with Crippen molar-refractivity contribution < 1.29 is 18.7 Å². The maximum Gasteiger partial charge on any atom is 0.291 e. The molecule has 0 aliphatic rings. The standard InChI is InChI=1S/C22H22N2O4/c1-3-19(28-18-11-9-15(2)10-12-18)21(25)23-16-6-4-7-17(14-16)24-22(26)20-8-5-13-27-20/h4-14,19H,3H2,1-2H3,(H,23,25)(H,24,26). The second kappa shape index (κ2) is 8.90. The number of ether oxygens (including phenoxy) is 1. The summed E-state index contributed by atoms with van der Waals surface area (Å²) in [7, 11) is 0. The van der Waals surface area contributed by atoms with E-state index in [0.717, 1.165) is 5.56 Å². The molecule has 3 rings (SSSR count). The van der Waals surface area contributed by atoms with Gasteiger partial charge >= 0.3 is 0 Å². The Morgan fingerprint density at radius 1 is 1.00 bits per heavy atom. The Bertz CT molecular complexity index is 933. The molecule has 1 aromatic heterocycles. The van der Waals surface area contributed by atoms with E-state index in [1.807, 2.05) is 38.1 Å². The zero-order valence-electron chi connectivity index (χ0n) is 15.8. The normalized spacial score (nSPS) is 11.5. The number of furan rings is 1. The minimum Gasteiger partial charge on any atom is -0.481 e. The number of benzene rings is 2. The number of hydrogen-bond acceptors (Lipinski definition) is 4. The molecule has 2 amide bonds. The highest BCUT2D eigenvalue weighted by Crippen LogP contribution is 2.19. The van der Waals surface area contributed by atoms with Gasteiger partial charge in [-0.25, -0.2) is 0 Å². The van der Waals surface area contributed by atoms with Gasteiger partial charge in [-0.05, 0) is 55.8 Å². The van der Waals surface area contributed by atoms with Crippen LogP contribution in [-0.2, 0) is 4.79 Å². The van der Waals surface area contributed by atoms with Gasteiger partial charge in [0.25, 0.3) is 11.8 Å². The van der Waals surface area contributed by atoms with Crippen LogP contribution in [0.3, 0.4) is 0 Å². The Hall–Kier alpha value is -3.54. The molecule has 28 heavy (non-hydrogen) atoms. The largest absolute Gasteiger partial charge is 0.481 e. The van der Waals surface area contributed by atoms with E-state index in [1.165, 1.54) is 6.26 Å². The van der Waals surface area contributed by atoms with Crippen LogP contribution in [0.4, 0.5) is 11.4 Å². The highest BCUT2D eigenvalue weighted by atomic mass is 16.5. The van der Waals surface area contributed by atoms with E-state index in [2.05, 4.69) is 10.6 Å². The third-order valence-corrected chi connectivity index (χ3v) is 4.10. The second-order valence-electron chi connectivity index (χ2n) is 6.33. The monoisotopic (exact) mass is 378 g/mol. The van der Waals surface area contributed by atoms with Gasteiger partial charge in [0, 0.05) is 11.4 Å². The molecule has 2 N–H and O–H groups in total. The van der Waals surface area contributed by atoms with Gasteiger partial charge in [0.15, 0.2) is 11.9 Å². The lowest BCUT2D eigenvalue weighted by molar-refractivity contribution is -0.122. The highest BCUT2D eigenvalue weighted by Gasteiger charge is 2.19. The first-order valence-corrected chi connectivity index (χ1v) is 9.04. The minimum atomic E-state index is -0.621. The van der Waals surface area contributed by atoms with Crippen molar-refractivity contribution >= 4 is 23.2 Å². The average Bonchev–Trinajstić information content (AvgIpc) is 3.23. The maximum atomic E-state index is 12.6. The van der Waals surface area contributed by atoms with Gasteiger partial charge in [0.1, 0.15) is 5.75 Å². The lowest BCUT2D eigenvalue weighted by Crippen LogP contribution is -2.32. The number of anilines is 2. The zero-order valence-corrected chi connectivity index (χ0v) is 15.8. The molecule has 6 nitrogen and oxygen atoms in total. The minimum absolute atomic E-state index is 0.215. The second-order valence-corrected chi connectivity index (χ2v) is 6.33. The number of nitrogens with one attached hydrogen (secondary N) is 2. The van der Waals surface area contributed by atoms with Gasteiger partial charge in [0.05, 0.1) is 6.26 Å². The smallest absolute Gasteiger partial charge is 0.291 e. The van der Waals surface area contributed by atoms with Gasteiger partial charge < -0.3 is 19.8 Å². The fourth-order valence-corrected chi connectivity index (χ4v) is 2.60. The maximum absolute atomic E-state index is 12.6. The first-order valence-electron chi connectivity index (χ1n) is 9.04. The average molecular weight is 378 g/mol. The molecule has 1 heterocycles.